The Bertz CT molecular complexity index is 461. The summed E-state index contributed by atoms with van der Waals surface area (Å²) in [6.45, 7) is 2.11. The SMILES string of the molecule is CCCc1ccc(S(=O)(=O)NC2CCC2)cc1. The second-order valence-corrected chi connectivity index (χ2v) is 6.36. The first-order valence-electron chi connectivity index (χ1n) is 6.23. The summed E-state index contributed by atoms with van der Waals surface area (Å²) in [6.07, 6.45) is 5.13. The normalized spacial score (nSPS) is 16.8. The smallest absolute Gasteiger partial charge is 0.208 e. The minimum Gasteiger partial charge on any atom is -0.208 e. The molecule has 0 aliphatic heterocycles. The maximum atomic E-state index is 12.0. The fraction of sp³-hybridized carbons (Fsp3) is 0.538. The molecule has 94 valence electrons. The molecule has 1 fully saturated rings. The van der Waals surface area contributed by atoms with Crippen LogP contribution in [0.3, 0.4) is 0 Å². The molecule has 0 saturated heterocycles. The van der Waals surface area contributed by atoms with Gasteiger partial charge in [0.25, 0.3) is 0 Å². The third-order valence-electron chi connectivity index (χ3n) is 3.20. The van der Waals surface area contributed by atoms with Crippen molar-refractivity contribution < 1.29 is 8.42 Å². The molecule has 2 rings (SSSR count). The van der Waals surface area contributed by atoms with E-state index in [1.165, 1.54) is 5.56 Å². The van der Waals surface area contributed by atoms with E-state index in [-0.39, 0.29) is 6.04 Å². The Labute approximate surface area is 103 Å². The minimum atomic E-state index is -3.30. The zero-order valence-electron chi connectivity index (χ0n) is 10.1. The molecule has 4 heteroatoms. The summed E-state index contributed by atoms with van der Waals surface area (Å²) in [5.74, 6) is 0. The highest BCUT2D eigenvalue weighted by molar-refractivity contribution is 7.89. The summed E-state index contributed by atoms with van der Waals surface area (Å²) in [6, 6.07) is 7.35. The van der Waals surface area contributed by atoms with E-state index in [1.807, 2.05) is 12.1 Å². The predicted molar refractivity (Wildman–Crippen MR) is 68.4 cm³/mol. The van der Waals surface area contributed by atoms with Gasteiger partial charge in [-0.2, -0.15) is 0 Å². The fourth-order valence-electron chi connectivity index (χ4n) is 1.94. The monoisotopic (exact) mass is 253 g/mol. The van der Waals surface area contributed by atoms with Crippen molar-refractivity contribution in [3.8, 4) is 0 Å². The number of sulfonamides is 1. The van der Waals surface area contributed by atoms with Crippen molar-refractivity contribution in [3.63, 3.8) is 0 Å². The van der Waals surface area contributed by atoms with E-state index in [4.69, 9.17) is 0 Å². The van der Waals surface area contributed by atoms with E-state index < -0.39 is 10.0 Å². The lowest BCUT2D eigenvalue weighted by Gasteiger charge is -2.26. The predicted octanol–water partition coefficient (Wildman–Crippen LogP) is 2.47. The molecule has 0 bridgehead atoms. The molecule has 0 heterocycles. The van der Waals surface area contributed by atoms with Gasteiger partial charge in [0.05, 0.1) is 4.90 Å². The van der Waals surface area contributed by atoms with Gasteiger partial charge in [0.1, 0.15) is 0 Å². The highest BCUT2D eigenvalue weighted by Crippen LogP contribution is 2.21. The van der Waals surface area contributed by atoms with Crippen molar-refractivity contribution in [2.45, 2.75) is 50.0 Å². The van der Waals surface area contributed by atoms with Crippen molar-refractivity contribution in [1.82, 2.24) is 4.72 Å². The Kier molecular flexibility index (Phi) is 3.84. The molecule has 1 aliphatic rings. The first kappa shape index (κ1) is 12.6. The first-order valence-corrected chi connectivity index (χ1v) is 7.71. The topological polar surface area (TPSA) is 46.2 Å². The zero-order chi connectivity index (χ0) is 12.3. The van der Waals surface area contributed by atoms with Crippen molar-refractivity contribution >= 4 is 10.0 Å². The average Bonchev–Trinajstić information content (AvgIpc) is 2.25. The molecule has 0 radical (unpaired) electrons. The van der Waals surface area contributed by atoms with E-state index in [0.29, 0.717) is 4.90 Å². The van der Waals surface area contributed by atoms with Crippen LogP contribution in [0.4, 0.5) is 0 Å². The summed E-state index contributed by atoms with van der Waals surface area (Å²) >= 11 is 0. The van der Waals surface area contributed by atoms with E-state index in [1.54, 1.807) is 12.1 Å². The summed E-state index contributed by atoms with van der Waals surface area (Å²) in [5.41, 5.74) is 1.19. The molecule has 0 amide bonds. The number of aryl methyl sites for hydroxylation is 1. The van der Waals surface area contributed by atoms with Gasteiger partial charge in [0.2, 0.25) is 10.0 Å². The number of nitrogens with one attached hydrogen (secondary N) is 1. The fourth-order valence-corrected chi connectivity index (χ4v) is 3.24. The zero-order valence-corrected chi connectivity index (χ0v) is 11.0. The van der Waals surface area contributed by atoms with Gasteiger partial charge in [-0.25, -0.2) is 13.1 Å². The average molecular weight is 253 g/mol. The van der Waals surface area contributed by atoms with Crippen LogP contribution in [0.25, 0.3) is 0 Å². The lowest BCUT2D eigenvalue weighted by molar-refractivity contribution is 0.383. The molecular formula is C13H19NO2S. The second kappa shape index (κ2) is 5.19. The maximum Gasteiger partial charge on any atom is 0.240 e. The summed E-state index contributed by atoms with van der Waals surface area (Å²) in [4.78, 5) is 0.379. The van der Waals surface area contributed by atoms with Crippen molar-refractivity contribution in [1.29, 1.82) is 0 Å². The highest BCUT2D eigenvalue weighted by Gasteiger charge is 2.24. The van der Waals surface area contributed by atoms with Crippen LogP contribution >= 0.6 is 0 Å². The molecule has 3 nitrogen and oxygen atoms in total. The van der Waals surface area contributed by atoms with Crippen LogP contribution in [-0.2, 0) is 16.4 Å². The standard InChI is InChI=1S/C13H19NO2S/c1-2-4-11-7-9-13(10-8-11)17(15,16)14-12-5-3-6-12/h7-10,12,14H,2-6H2,1H3. The Morgan fingerprint density at radius 3 is 2.35 bits per heavy atom. The lowest BCUT2D eigenvalue weighted by Crippen LogP contribution is -2.39. The molecule has 0 unspecified atom stereocenters. The van der Waals surface area contributed by atoms with Gasteiger partial charge in [0.15, 0.2) is 0 Å². The minimum absolute atomic E-state index is 0.148. The second-order valence-electron chi connectivity index (χ2n) is 4.64. The van der Waals surface area contributed by atoms with Gasteiger partial charge in [-0.3, -0.25) is 0 Å². The molecule has 0 aromatic heterocycles. The van der Waals surface area contributed by atoms with Gasteiger partial charge >= 0.3 is 0 Å². The Hall–Kier alpha value is -0.870. The summed E-state index contributed by atoms with van der Waals surface area (Å²) < 4.78 is 26.7. The van der Waals surface area contributed by atoms with Crippen molar-refractivity contribution in [2.75, 3.05) is 0 Å². The molecule has 0 atom stereocenters. The Balaban J connectivity index is 2.09. The van der Waals surface area contributed by atoms with Crippen LogP contribution in [0.1, 0.15) is 38.2 Å². The summed E-state index contributed by atoms with van der Waals surface area (Å²) in [7, 11) is -3.30. The Morgan fingerprint density at radius 1 is 1.24 bits per heavy atom. The van der Waals surface area contributed by atoms with Crippen molar-refractivity contribution in [2.24, 2.45) is 0 Å². The van der Waals surface area contributed by atoms with Crippen LogP contribution in [-0.4, -0.2) is 14.5 Å². The maximum absolute atomic E-state index is 12.0. The third kappa shape index (κ3) is 3.07. The van der Waals surface area contributed by atoms with Crippen LogP contribution < -0.4 is 4.72 Å². The number of hydrogen-bond acceptors (Lipinski definition) is 2. The molecule has 1 N–H and O–H groups in total. The summed E-state index contributed by atoms with van der Waals surface area (Å²) in [5, 5.41) is 0. The molecule has 1 aromatic carbocycles. The Morgan fingerprint density at radius 2 is 1.88 bits per heavy atom. The molecule has 0 spiro atoms. The molecule has 1 saturated carbocycles. The van der Waals surface area contributed by atoms with Crippen LogP contribution in [0, 0.1) is 0 Å². The van der Waals surface area contributed by atoms with Gasteiger partial charge in [0, 0.05) is 6.04 Å². The van der Waals surface area contributed by atoms with Crippen LogP contribution in [0.5, 0.6) is 0 Å². The molecular weight excluding hydrogens is 234 g/mol. The van der Waals surface area contributed by atoms with Gasteiger partial charge in [-0.1, -0.05) is 31.9 Å². The van der Waals surface area contributed by atoms with E-state index in [2.05, 4.69) is 11.6 Å². The number of benzene rings is 1. The number of hydrogen-bond donors (Lipinski definition) is 1. The van der Waals surface area contributed by atoms with Crippen LogP contribution in [0.15, 0.2) is 29.2 Å². The van der Waals surface area contributed by atoms with E-state index in [0.717, 1.165) is 32.1 Å². The highest BCUT2D eigenvalue weighted by atomic mass is 32.2. The van der Waals surface area contributed by atoms with Gasteiger partial charge in [-0.15, -0.1) is 0 Å². The van der Waals surface area contributed by atoms with E-state index >= 15 is 0 Å². The first-order chi connectivity index (χ1) is 8.12. The molecule has 1 aliphatic carbocycles. The number of rotatable bonds is 5. The van der Waals surface area contributed by atoms with Crippen LogP contribution in [0.2, 0.25) is 0 Å². The van der Waals surface area contributed by atoms with Crippen molar-refractivity contribution in [3.05, 3.63) is 29.8 Å². The molecule has 17 heavy (non-hydrogen) atoms. The lowest BCUT2D eigenvalue weighted by atomic mass is 9.94. The largest absolute Gasteiger partial charge is 0.240 e. The van der Waals surface area contributed by atoms with Gasteiger partial charge in [-0.05, 0) is 37.0 Å². The van der Waals surface area contributed by atoms with Gasteiger partial charge < -0.3 is 0 Å². The quantitative estimate of drug-likeness (QED) is 0.876. The molecule has 1 aromatic rings. The third-order valence-corrected chi connectivity index (χ3v) is 4.74. The van der Waals surface area contributed by atoms with E-state index in [9.17, 15) is 8.42 Å².